The van der Waals surface area contributed by atoms with E-state index in [0.717, 1.165) is 0 Å². The highest BCUT2D eigenvalue weighted by Gasteiger charge is 2.39. The predicted octanol–water partition coefficient (Wildman–Crippen LogP) is 3.91. The smallest absolute Gasteiger partial charge is 0.0251 e. The highest BCUT2D eigenvalue weighted by molar-refractivity contribution is 8.00. The average molecular weight is 249 g/mol. The van der Waals surface area contributed by atoms with Gasteiger partial charge in [-0.2, -0.15) is 0 Å². The van der Waals surface area contributed by atoms with Gasteiger partial charge in [-0.25, -0.2) is 0 Å². The summed E-state index contributed by atoms with van der Waals surface area (Å²) in [5, 5.41) is 0.576. The van der Waals surface area contributed by atoms with Crippen LogP contribution in [0.15, 0.2) is 23.1 Å². The molecular formula is C15H23NS. The lowest BCUT2D eigenvalue weighted by atomic mass is 9.88. The lowest BCUT2D eigenvalue weighted by Gasteiger charge is -2.26. The fourth-order valence-corrected chi connectivity index (χ4v) is 3.95. The van der Waals surface area contributed by atoms with Crippen LogP contribution in [0.4, 0.5) is 0 Å². The first-order valence-electron chi connectivity index (χ1n) is 6.40. The summed E-state index contributed by atoms with van der Waals surface area (Å²) in [6, 6.07) is 7.04. The monoisotopic (exact) mass is 249 g/mol. The molecule has 2 rings (SSSR count). The van der Waals surface area contributed by atoms with Crippen LogP contribution in [0.5, 0.6) is 0 Å². The third-order valence-corrected chi connectivity index (χ3v) is 5.50. The summed E-state index contributed by atoms with van der Waals surface area (Å²) >= 11 is 1.96. The molecule has 0 bridgehead atoms. The van der Waals surface area contributed by atoms with E-state index in [4.69, 9.17) is 5.73 Å². The zero-order chi connectivity index (χ0) is 12.6. The molecule has 1 aromatic carbocycles. The standard InChI is InChI=1S/C15H23NS/c1-10-5-6-12(9-11(10)2)17-13-7-8-15(3,4)14(13)16/h5-6,9,13-14H,7-8,16H2,1-4H3. The molecule has 1 aliphatic carbocycles. The van der Waals surface area contributed by atoms with Crippen molar-refractivity contribution in [3.8, 4) is 0 Å². The predicted molar refractivity (Wildman–Crippen MR) is 76.6 cm³/mol. The highest BCUT2D eigenvalue weighted by atomic mass is 32.2. The third kappa shape index (κ3) is 2.69. The van der Waals surface area contributed by atoms with Crippen LogP contribution in [0.2, 0.25) is 0 Å². The second kappa shape index (κ2) is 4.66. The van der Waals surface area contributed by atoms with Gasteiger partial charge >= 0.3 is 0 Å². The first-order valence-corrected chi connectivity index (χ1v) is 7.27. The lowest BCUT2D eigenvalue weighted by molar-refractivity contribution is 0.334. The summed E-state index contributed by atoms with van der Waals surface area (Å²) < 4.78 is 0. The third-order valence-electron chi connectivity index (χ3n) is 4.14. The summed E-state index contributed by atoms with van der Waals surface area (Å²) in [7, 11) is 0. The molecule has 0 aromatic heterocycles. The molecule has 0 heterocycles. The number of benzene rings is 1. The van der Waals surface area contributed by atoms with Crippen LogP contribution < -0.4 is 5.73 Å². The molecule has 2 N–H and O–H groups in total. The molecule has 2 heteroatoms. The maximum Gasteiger partial charge on any atom is 0.0251 e. The second-order valence-corrected chi connectivity index (χ2v) is 7.27. The Hall–Kier alpha value is -0.470. The second-order valence-electron chi connectivity index (χ2n) is 5.96. The Kier molecular flexibility index (Phi) is 3.55. The number of hydrogen-bond acceptors (Lipinski definition) is 2. The van der Waals surface area contributed by atoms with Gasteiger partial charge in [0.05, 0.1) is 0 Å². The van der Waals surface area contributed by atoms with Crippen LogP contribution in [0.25, 0.3) is 0 Å². The molecule has 2 atom stereocenters. The Morgan fingerprint density at radius 1 is 1.24 bits per heavy atom. The van der Waals surface area contributed by atoms with Gasteiger partial charge in [0, 0.05) is 16.2 Å². The molecule has 0 spiro atoms. The molecule has 1 saturated carbocycles. The molecule has 1 fully saturated rings. The van der Waals surface area contributed by atoms with Crippen molar-refractivity contribution in [2.75, 3.05) is 0 Å². The van der Waals surface area contributed by atoms with Crippen LogP contribution in [0.3, 0.4) is 0 Å². The Morgan fingerprint density at radius 3 is 2.47 bits per heavy atom. The van der Waals surface area contributed by atoms with E-state index >= 15 is 0 Å². The van der Waals surface area contributed by atoms with Crippen molar-refractivity contribution in [1.82, 2.24) is 0 Å². The Morgan fingerprint density at radius 2 is 1.94 bits per heavy atom. The summed E-state index contributed by atoms with van der Waals surface area (Å²) in [6.45, 7) is 8.92. The van der Waals surface area contributed by atoms with Gasteiger partial charge in [-0.05, 0) is 55.4 Å². The fourth-order valence-electron chi connectivity index (χ4n) is 2.46. The van der Waals surface area contributed by atoms with Crippen molar-refractivity contribution in [2.24, 2.45) is 11.1 Å². The van der Waals surface area contributed by atoms with E-state index < -0.39 is 0 Å². The van der Waals surface area contributed by atoms with E-state index in [1.165, 1.54) is 28.9 Å². The van der Waals surface area contributed by atoms with E-state index in [2.05, 4.69) is 45.9 Å². The van der Waals surface area contributed by atoms with Gasteiger partial charge in [0.15, 0.2) is 0 Å². The van der Waals surface area contributed by atoms with Crippen LogP contribution in [-0.2, 0) is 0 Å². The van der Waals surface area contributed by atoms with Crippen molar-refractivity contribution in [3.63, 3.8) is 0 Å². The SMILES string of the molecule is Cc1ccc(SC2CCC(C)(C)C2N)cc1C. The summed E-state index contributed by atoms with van der Waals surface area (Å²) in [6.07, 6.45) is 2.49. The van der Waals surface area contributed by atoms with Gasteiger partial charge < -0.3 is 5.73 Å². The minimum atomic E-state index is 0.303. The van der Waals surface area contributed by atoms with Gasteiger partial charge in [0.25, 0.3) is 0 Å². The van der Waals surface area contributed by atoms with Crippen LogP contribution in [0, 0.1) is 19.3 Å². The van der Waals surface area contributed by atoms with Crippen LogP contribution in [-0.4, -0.2) is 11.3 Å². The molecule has 1 nitrogen and oxygen atoms in total. The largest absolute Gasteiger partial charge is 0.326 e. The minimum absolute atomic E-state index is 0.303. The quantitative estimate of drug-likeness (QED) is 0.860. The molecular weight excluding hydrogens is 226 g/mol. The Balaban J connectivity index is 2.09. The van der Waals surface area contributed by atoms with E-state index in [1.807, 2.05) is 11.8 Å². The Bertz CT molecular complexity index is 411. The molecule has 17 heavy (non-hydrogen) atoms. The van der Waals surface area contributed by atoms with Crippen molar-refractivity contribution < 1.29 is 0 Å². The van der Waals surface area contributed by atoms with Crippen molar-refractivity contribution in [1.29, 1.82) is 0 Å². The summed E-state index contributed by atoms with van der Waals surface area (Å²) in [5.74, 6) is 0. The first-order chi connectivity index (χ1) is 7.90. The lowest BCUT2D eigenvalue weighted by Crippen LogP contribution is -2.38. The maximum atomic E-state index is 6.35. The molecule has 0 saturated heterocycles. The van der Waals surface area contributed by atoms with Crippen molar-refractivity contribution in [3.05, 3.63) is 29.3 Å². The minimum Gasteiger partial charge on any atom is -0.326 e. The molecule has 1 aromatic rings. The van der Waals surface area contributed by atoms with Gasteiger partial charge in [0.2, 0.25) is 0 Å². The molecule has 0 aliphatic heterocycles. The number of nitrogens with two attached hydrogens (primary N) is 1. The zero-order valence-corrected chi connectivity index (χ0v) is 12.1. The number of aryl methyl sites for hydroxylation is 2. The van der Waals surface area contributed by atoms with Gasteiger partial charge in [0.1, 0.15) is 0 Å². The van der Waals surface area contributed by atoms with E-state index in [0.29, 0.717) is 16.7 Å². The van der Waals surface area contributed by atoms with Crippen LogP contribution in [0.1, 0.15) is 37.8 Å². The summed E-state index contributed by atoms with van der Waals surface area (Å²) in [5.41, 5.74) is 9.40. The average Bonchev–Trinajstić information content (AvgIpc) is 2.51. The molecule has 0 radical (unpaired) electrons. The number of hydrogen-bond donors (Lipinski definition) is 1. The zero-order valence-electron chi connectivity index (χ0n) is 11.3. The van der Waals surface area contributed by atoms with Crippen LogP contribution >= 0.6 is 11.8 Å². The van der Waals surface area contributed by atoms with Gasteiger partial charge in [-0.15, -0.1) is 11.8 Å². The van der Waals surface area contributed by atoms with E-state index in [-0.39, 0.29) is 0 Å². The van der Waals surface area contributed by atoms with Gasteiger partial charge in [-0.3, -0.25) is 0 Å². The normalized spacial score (nSPS) is 27.4. The highest BCUT2D eigenvalue weighted by Crippen LogP contribution is 2.44. The van der Waals surface area contributed by atoms with E-state index in [1.54, 1.807) is 0 Å². The topological polar surface area (TPSA) is 26.0 Å². The molecule has 2 unspecified atom stereocenters. The summed E-state index contributed by atoms with van der Waals surface area (Å²) in [4.78, 5) is 1.37. The molecule has 1 aliphatic rings. The maximum absolute atomic E-state index is 6.35. The molecule has 0 amide bonds. The van der Waals surface area contributed by atoms with Crippen molar-refractivity contribution >= 4 is 11.8 Å². The number of thioether (sulfide) groups is 1. The van der Waals surface area contributed by atoms with Crippen molar-refractivity contribution in [2.45, 2.75) is 56.7 Å². The first kappa shape index (κ1) is 13.0. The molecule has 94 valence electrons. The number of rotatable bonds is 2. The van der Waals surface area contributed by atoms with E-state index in [9.17, 15) is 0 Å². The fraction of sp³-hybridized carbons (Fsp3) is 0.600. The Labute approximate surface area is 109 Å². The van der Waals surface area contributed by atoms with Gasteiger partial charge in [-0.1, -0.05) is 19.9 Å².